The molecule has 17 heavy (non-hydrogen) atoms. The van der Waals surface area contributed by atoms with Gasteiger partial charge in [-0.15, -0.1) is 5.10 Å². The second kappa shape index (κ2) is 4.22. The first-order valence-electron chi connectivity index (χ1n) is 5.17. The zero-order valence-electron chi connectivity index (χ0n) is 9.51. The van der Waals surface area contributed by atoms with Crippen molar-refractivity contribution in [2.24, 2.45) is 5.92 Å². The monoisotopic (exact) mass is 229 g/mol. The van der Waals surface area contributed by atoms with E-state index in [-0.39, 0.29) is 17.8 Å². The molecule has 6 heteroatoms. The van der Waals surface area contributed by atoms with E-state index in [4.69, 9.17) is 5.26 Å². The number of amides is 1. The van der Waals surface area contributed by atoms with E-state index in [9.17, 15) is 4.79 Å². The summed E-state index contributed by atoms with van der Waals surface area (Å²) in [5.41, 5.74) is 1.08. The minimum Gasteiger partial charge on any atom is -0.293 e. The molecule has 6 nitrogen and oxygen atoms in total. The topological polar surface area (TPSA) is 83.1 Å². The van der Waals surface area contributed by atoms with E-state index in [2.05, 4.69) is 15.4 Å². The summed E-state index contributed by atoms with van der Waals surface area (Å²) in [7, 11) is 0. The quantitative estimate of drug-likeness (QED) is 0.838. The predicted octanol–water partition coefficient (Wildman–Crippen LogP) is 1.20. The van der Waals surface area contributed by atoms with Gasteiger partial charge in [-0.3, -0.25) is 10.1 Å². The van der Waals surface area contributed by atoms with E-state index >= 15 is 0 Å². The van der Waals surface area contributed by atoms with Gasteiger partial charge in [0.1, 0.15) is 6.07 Å². The van der Waals surface area contributed by atoms with Crippen molar-refractivity contribution in [2.45, 2.75) is 13.8 Å². The van der Waals surface area contributed by atoms with Crippen LogP contribution in [0.15, 0.2) is 18.3 Å². The summed E-state index contributed by atoms with van der Waals surface area (Å²) in [5.74, 6) is -0.0171. The van der Waals surface area contributed by atoms with Gasteiger partial charge in [-0.1, -0.05) is 13.8 Å². The maximum absolute atomic E-state index is 11.5. The highest BCUT2D eigenvalue weighted by Crippen LogP contribution is 2.08. The number of nitriles is 1. The lowest BCUT2D eigenvalue weighted by atomic mass is 10.2. The Morgan fingerprint density at radius 3 is 2.94 bits per heavy atom. The number of anilines is 1. The summed E-state index contributed by atoms with van der Waals surface area (Å²) >= 11 is 0. The third-order valence-corrected chi connectivity index (χ3v) is 2.22. The molecule has 0 aliphatic rings. The van der Waals surface area contributed by atoms with Crippen molar-refractivity contribution in [3.8, 4) is 6.07 Å². The smallest absolute Gasteiger partial charge is 0.249 e. The first kappa shape index (κ1) is 11.1. The highest BCUT2D eigenvalue weighted by molar-refractivity contribution is 5.90. The van der Waals surface area contributed by atoms with Gasteiger partial charge in [-0.05, 0) is 12.1 Å². The second-order valence-corrected chi connectivity index (χ2v) is 3.91. The van der Waals surface area contributed by atoms with Crippen molar-refractivity contribution in [1.29, 1.82) is 5.26 Å². The van der Waals surface area contributed by atoms with E-state index in [1.165, 1.54) is 4.52 Å². The second-order valence-electron chi connectivity index (χ2n) is 3.91. The van der Waals surface area contributed by atoms with Crippen molar-refractivity contribution in [1.82, 2.24) is 14.6 Å². The summed E-state index contributed by atoms with van der Waals surface area (Å²) in [6, 6.07) is 5.34. The molecule has 0 saturated heterocycles. The largest absolute Gasteiger partial charge is 0.293 e. The van der Waals surface area contributed by atoms with Gasteiger partial charge >= 0.3 is 0 Å². The molecule has 0 bridgehead atoms. The van der Waals surface area contributed by atoms with Crippen molar-refractivity contribution >= 4 is 17.5 Å². The Morgan fingerprint density at radius 1 is 1.53 bits per heavy atom. The van der Waals surface area contributed by atoms with Crippen LogP contribution in [0.3, 0.4) is 0 Å². The van der Waals surface area contributed by atoms with Gasteiger partial charge in [0, 0.05) is 12.1 Å². The van der Waals surface area contributed by atoms with Gasteiger partial charge in [-0.2, -0.15) is 10.2 Å². The molecule has 0 unspecified atom stereocenters. The van der Waals surface area contributed by atoms with Crippen LogP contribution in [0.5, 0.6) is 0 Å². The number of nitrogens with one attached hydrogen (secondary N) is 1. The molecule has 2 rings (SSSR count). The minimum absolute atomic E-state index is 0.128. The fraction of sp³-hybridized carbons (Fsp3) is 0.273. The molecule has 0 spiro atoms. The molecule has 86 valence electrons. The minimum atomic E-state index is -0.138. The van der Waals surface area contributed by atoms with Crippen LogP contribution >= 0.6 is 0 Å². The van der Waals surface area contributed by atoms with E-state index in [1.54, 1.807) is 32.2 Å². The molecule has 1 N–H and O–H groups in total. The average molecular weight is 229 g/mol. The molecule has 2 aromatic rings. The van der Waals surface area contributed by atoms with Gasteiger partial charge in [0.2, 0.25) is 11.9 Å². The number of rotatable bonds is 2. The Hall–Kier alpha value is -2.42. The normalized spacial score (nSPS) is 10.5. The van der Waals surface area contributed by atoms with E-state index in [0.29, 0.717) is 11.2 Å². The maximum atomic E-state index is 11.5. The molecule has 0 atom stereocenters. The molecular formula is C11H11N5O. The Morgan fingerprint density at radius 2 is 2.29 bits per heavy atom. The molecule has 1 amide bonds. The first-order chi connectivity index (χ1) is 8.10. The van der Waals surface area contributed by atoms with Crippen LogP contribution in [-0.2, 0) is 4.79 Å². The van der Waals surface area contributed by atoms with Crippen molar-refractivity contribution in [3.05, 3.63) is 23.9 Å². The summed E-state index contributed by atoms with van der Waals surface area (Å²) in [6.45, 7) is 3.58. The summed E-state index contributed by atoms with van der Waals surface area (Å²) in [4.78, 5) is 15.6. The van der Waals surface area contributed by atoms with Crippen LogP contribution in [0, 0.1) is 17.2 Å². The Kier molecular flexibility index (Phi) is 2.75. The Bertz CT molecular complexity index is 608. The van der Waals surface area contributed by atoms with Crippen LogP contribution in [0.4, 0.5) is 5.95 Å². The van der Waals surface area contributed by atoms with Gasteiger partial charge in [-0.25, -0.2) is 4.52 Å². The number of carbonyl (C=O) groups is 1. The lowest BCUT2D eigenvalue weighted by Gasteiger charge is -2.01. The van der Waals surface area contributed by atoms with E-state index < -0.39 is 0 Å². The van der Waals surface area contributed by atoms with E-state index in [1.807, 2.05) is 6.07 Å². The number of carbonyl (C=O) groups excluding carboxylic acids is 1. The number of fused-ring (bicyclic) bond motifs is 1. The average Bonchev–Trinajstić information content (AvgIpc) is 2.69. The molecule has 0 aromatic carbocycles. The van der Waals surface area contributed by atoms with Crippen LogP contribution in [-0.4, -0.2) is 20.5 Å². The fourth-order valence-electron chi connectivity index (χ4n) is 1.26. The Labute approximate surface area is 97.9 Å². The third-order valence-electron chi connectivity index (χ3n) is 2.22. The molecule has 2 aromatic heterocycles. The summed E-state index contributed by atoms with van der Waals surface area (Å²) < 4.78 is 1.47. The van der Waals surface area contributed by atoms with Crippen LogP contribution in [0.2, 0.25) is 0 Å². The number of aromatic nitrogens is 3. The molecule has 0 fully saturated rings. The lowest BCUT2D eigenvalue weighted by molar-refractivity contribution is -0.118. The van der Waals surface area contributed by atoms with Gasteiger partial charge in [0.05, 0.1) is 5.56 Å². The highest BCUT2D eigenvalue weighted by atomic mass is 16.2. The zero-order valence-corrected chi connectivity index (χ0v) is 9.51. The van der Waals surface area contributed by atoms with Crippen molar-refractivity contribution < 1.29 is 4.79 Å². The molecule has 0 saturated carbocycles. The number of pyridine rings is 1. The number of hydrogen-bond donors (Lipinski definition) is 1. The van der Waals surface area contributed by atoms with Crippen molar-refractivity contribution in [2.75, 3.05) is 5.32 Å². The van der Waals surface area contributed by atoms with Crippen molar-refractivity contribution in [3.63, 3.8) is 0 Å². The predicted molar refractivity (Wildman–Crippen MR) is 61.2 cm³/mol. The molecule has 2 heterocycles. The molecule has 0 aliphatic carbocycles. The molecule has 0 aliphatic heterocycles. The first-order valence-corrected chi connectivity index (χ1v) is 5.17. The Balaban J connectivity index is 2.32. The molecular weight excluding hydrogens is 218 g/mol. The SMILES string of the molecule is CC(C)C(=O)Nc1nc2ccc(C#N)cn2n1. The third kappa shape index (κ3) is 2.23. The van der Waals surface area contributed by atoms with E-state index in [0.717, 1.165) is 0 Å². The van der Waals surface area contributed by atoms with Crippen LogP contribution in [0.25, 0.3) is 5.65 Å². The fourth-order valence-corrected chi connectivity index (χ4v) is 1.26. The molecule has 0 radical (unpaired) electrons. The standard InChI is InChI=1S/C11H11N5O/c1-7(2)10(17)14-11-13-9-4-3-8(5-12)6-16(9)15-11/h3-4,6-7H,1-2H3,(H,14,15,17). The number of nitrogens with zero attached hydrogens (tertiary/aromatic N) is 4. The van der Waals surface area contributed by atoms with Crippen LogP contribution in [0.1, 0.15) is 19.4 Å². The zero-order chi connectivity index (χ0) is 12.4. The number of hydrogen-bond acceptors (Lipinski definition) is 4. The maximum Gasteiger partial charge on any atom is 0.249 e. The van der Waals surface area contributed by atoms with Gasteiger partial charge < -0.3 is 0 Å². The van der Waals surface area contributed by atoms with Gasteiger partial charge in [0.15, 0.2) is 5.65 Å². The van der Waals surface area contributed by atoms with Gasteiger partial charge in [0.25, 0.3) is 0 Å². The van der Waals surface area contributed by atoms with Crippen LogP contribution < -0.4 is 5.32 Å². The lowest BCUT2D eigenvalue weighted by Crippen LogP contribution is -2.18. The summed E-state index contributed by atoms with van der Waals surface area (Å²) in [6.07, 6.45) is 1.56. The highest BCUT2D eigenvalue weighted by Gasteiger charge is 2.10. The summed E-state index contributed by atoms with van der Waals surface area (Å²) in [5, 5.41) is 15.4.